The summed E-state index contributed by atoms with van der Waals surface area (Å²) >= 11 is 5.27. The molecule has 3 heteroatoms. The van der Waals surface area contributed by atoms with Crippen LogP contribution in [0, 0.1) is 0 Å². The summed E-state index contributed by atoms with van der Waals surface area (Å²) < 4.78 is 1.12. The van der Waals surface area contributed by atoms with Crippen LogP contribution >= 0.6 is 27.7 Å². The SMILES string of the molecule is C=C(C)CCC(N)CSc1cccc(Br)c1. The van der Waals surface area contributed by atoms with E-state index in [4.69, 9.17) is 5.73 Å². The summed E-state index contributed by atoms with van der Waals surface area (Å²) in [6, 6.07) is 8.56. The van der Waals surface area contributed by atoms with Gasteiger partial charge in [0.2, 0.25) is 0 Å². The highest BCUT2D eigenvalue weighted by Crippen LogP contribution is 2.23. The summed E-state index contributed by atoms with van der Waals surface area (Å²) in [5.41, 5.74) is 7.25. The van der Waals surface area contributed by atoms with E-state index in [2.05, 4.69) is 34.6 Å². The van der Waals surface area contributed by atoms with Crippen LogP contribution in [-0.4, -0.2) is 11.8 Å². The fraction of sp³-hybridized carbons (Fsp3) is 0.385. The Morgan fingerprint density at radius 3 is 2.94 bits per heavy atom. The molecule has 0 aliphatic rings. The third kappa shape index (κ3) is 5.73. The first-order chi connectivity index (χ1) is 7.58. The van der Waals surface area contributed by atoms with Gasteiger partial charge in [0.15, 0.2) is 0 Å². The first-order valence-electron chi connectivity index (χ1n) is 5.36. The van der Waals surface area contributed by atoms with E-state index >= 15 is 0 Å². The molecular weight excluding hydrogens is 282 g/mol. The van der Waals surface area contributed by atoms with Crippen molar-refractivity contribution in [3.05, 3.63) is 40.9 Å². The van der Waals surface area contributed by atoms with Gasteiger partial charge in [-0.25, -0.2) is 0 Å². The van der Waals surface area contributed by atoms with Gasteiger partial charge in [0.05, 0.1) is 0 Å². The molecule has 0 radical (unpaired) electrons. The highest BCUT2D eigenvalue weighted by atomic mass is 79.9. The number of rotatable bonds is 6. The van der Waals surface area contributed by atoms with Crippen molar-refractivity contribution in [3.63, 3.8) is 0 Å². The van der Waals surface area contributed by atoms with Crippen LogP contribution in [0.4, 0.5) is 0 Å². The van der Waals surface area contributed by atoms with E-state index in [1.165, 1.54) is 10.5 Å². The van der Waals surface area contributed by atoms with E-state index < -0.39 is 0 Å². The summed E-state index contributed by atoms with van der Waals surface area (Å²) in [5.74, 6) is 0.962. The predicted octanol–water partition coefficient (Wildman–Crippen LogP) is 4.22. The van der Waals surface area contributed by atoms with Crippen LogP contribution < -0.4 is 5.73 Å². The molecule has 0 aromatic heterocycles. The summed E-state index contributed by atoms with van der Waals surface area (Å²) in [6.07, 6.45) is 2.05. The molecule has 2 N–H and O–H groups in total. The maximum atomic E-state index is 6.03. The number of nitrogens with two attached hydrogens (primary N) is 1. The summed E-state index contributed by atoms with van der Waals surface area (Å²) in [5, 5.41) is 0. The highest BCUT2D eigenvalue weighted by Gasteiger charge is 2.04. The summed E-state index contributed by atoms with van der Waals surface area (Å²) in [6.45, 7) is 5.94. The van der Waals surface area contributed by atoms with E-state index in [9.17, 15) is 0 Å². The molecule has 1 unspecified atom stereocenters. The smallest absolute Gasteiger partial charge is 0.0186 e. The number of benzene rings is 1. The molecule has 88 valence electrons. The van der Waals surface area contributed by atoms with Gasteiger partial charge in [-0.05, 0) is 38.0 Å². The van der Waals surface area contributed by atoms with Gasteiger partial charge in [0.25, 0.3) is 0 Å². The van der Waals surface area contributed by atoms with E-state index in [1.807, 2.05) is 30.8 Å². The number of allylic oxidation sites excluding steroid dienone is 1. The van der Waals surface area contributed by atoms with Crippen molar-refractivity contribution in [2.45, 2.75) is 30.7 Å². The molecular formula is C13H18BrNS. The second kappa shape index (κ2) is 7.15. The van der Waals surface area contributed by atoms with Crippen LogP contribution in [0.3, 0.4) is 0 Å². The van der Waals surface area contributed by atoms with Crippen molar-refractivity contribution in [3.8, 4) is 0 Å². The molecule has 0 amide bonds. The fourth-order valence-corrected chi connectivity index (χ4v) is 2.78. The lowest BCUT2D eigenvalue weighted by Gasteiger charge is -2.11. The Bertz CT molecular complexity index is 352. The van der Waals surface area contributed by atoms with Gasteiger partial charge in [0.1, 0.15) is 0 Å². The number of hydrogen-bond donors (Lipinski definition) is 1. The molecule has 0 aliphatic heterocycles. The third-order valence-electron chi connectivity index (χ3n) is 2.20. The summed E-state index contributed by atoms with van der Waals surface area (Å²) in [7, 11) is 0. The van der Waals surface area contributed by atoms with Gasteiger partial charge in [-0.1, -0.05) is 27.6 Å². The lowest BCUT2D eigenvalue weighted by molar-refractivity contribution is 0.672. The zero-order chi connectivity index (χ0) is 12.0. The first-order valence-corrected chi connectivity index (χ1v) is 7.14. The zero-order valence-electron chi connectivity index (χ0n) is 9.58. The van der Waals surface area contributed by atoms with Gasteiger partial charge < -0.3 is 5.73 Å². The van der Waals surface area contributed by atoms with Crippen LogP contribution in [0.15, 0.2) is 45.8 Å². The highest BCUT2D eigenvalue weighted by molar-refractivity contribution is 9.10. The quantitative estimate of drug-likeness (QED) is 0.628. The summed E-state index contributed by atoms with van der Waals surface area (Å²) in [4.78, 5) is 1.26. The molecule has 1 atom stereocenters. The molecule has 1 rings (SSSR count). The molecule has 1 nitrogen and oxygen atoms in total. The Morgan fingerprint density at radius 2 is 2.31 bits per heavy atom. The monoisotopic (exact) mass is 299 g/mol. The Kier molecular flexibility index (Phi) is 6.17. The van der Waals surface area contributed by atoms with E-state index in [0.29, 0.717) is 0 Å². The minimum atomic E-state index is 0.251. The number of halogens is 1. The van der Waals surface area contributed by atoms with Crippen molar-refractivity contribution in [1.29, 1.82) is 0 Å². The van der Waals surface area contributed by atoms with Crippen molar-refractivity contribution >= 4 is 27.7 Å². The fourth-order valence-electron chi connectivity index (χ4n) is 1.28. The van der Waals surface area contributed by atoms with Crippen molar-refractivity contribution in [1.82, 2.24) is 0 Å². The molecule has 1 aromatic carbocycles. The topological polar surface area (TPSA) is 26.0 Å². The molecule has 0 aliphatic carbocycles. The van der Waals surface area contributed by atoms with E-state index in [0.717, 1.165) is 23.1 Å². The van der Waals surface area contributed by atoms with Gasteiger partial charge in [-0.2, -0.15) is 0 Å². The van der Waals surface area contributed by atoms with Crippen LogP contribution in [0.1, 0.15) is 19.8 Å². The van der Waals surface area contributed by atoms with Crippen LogP contribution in [-0.2, 0) is 0 Å². The predicted molar refractivity (Wildman–Crippen MR) is 76.9 cm³/mol. The number of thioether (sulfide) groups is 1. The van der Waals surface area contributed by atoms with Crippen LogP contribution in [0.25, 0.3) is 0 Å². The Morgan fingerprint density at radius 1 is 1.56 bits per heavy atom. The average Bonchev–Trinajstić information content (AvgIpc) is 2.23. The number of hydrogen-bond acceptors (Lipinski definition) is 2. The Labute approximate surface area is 111 Å². The van der Waals surface area contributed by atoms with Gasteiger partial charge in [0, 0.05) is 21.2 Å². The van der Waals surface area contributed by atoms with Gasteiger partial charge in [-0.15, -0.1) is 18.3 Å². The van der Waals surface area contributed by atoms with Gasteiger partial charge in [-0.3, -0.25) is 0 Å². The molecule has 0 fully saturated rings. The van der Waals surface area contributed by atoms with Crippen molar-refractivity contribution < 1.29 is 0 Å². The Balaban J connectivity index is 2.31. The van der Waals surface area contributed by atoms with Crippen molar-refractivity contribution in [2.24, 2.45) is 5.73 Å². The molecule has 0 saturated carbocycles. The lowest BCUT2D eigenvalue weighted by Crippen LogP contribution is -2.22. The van der Waals surface area contributed by atoms with E-state index in [1.54, 1.807) is 0 Å². The van der Waals surface area contributed by atoms with Gasteiger partial charge >= 0.3 is 0 Å². The van der Waals surface area contributed by atoms with E-state index in [-0.39, 0.29) is 6.04 Å². The molecule has 1 aromatic rings. The molecule has 0 bridgehead atoms. The molecule has 0 heterocycles. The first kappa shape index (κ1) is 13.8. The van der Waals surface area contributed by atoms with Crippen molar-refractivity contribution in [2.75, 3.05) is 5.75 Å². The standard InChI is InChI=1S/C13H18BrNS/c1-10(2)6-7-12(15)9-16-13-5-3-4-11(14)8-13/h3-5,8,12H,1,6-7,9,15H2,2H3. The maximum Gasteiger partial charge on any atom is 0.0186 e. The second-order valence-electron chi connectivity index (χ2n) is 4.02. The van der Waals surface area contributed by atoms with Crippen LogP contribution in [0.5, 0.6) is 0 Å². The minimum Gasteiger partial charge on any atom is -0.327 e. The minimum absolute atomic E-state index is 0.251. The maximum absolute atomic E-state index is 6.03. The third-order valence-corrected chi connectivity index (χ3v) is 3.88. The lowest BCUT2D eigenvalue weighted by atomic mass is 10.1. The normalized spacial score (nSPS) is 12.4. The second-order valence-corrected chi connectivity index (χ2v) is 6.03. The molecule has 0 spiro atoms. The Hall–Kier alpha value is -0.250. The van der Waals surface area contributed by atoms with Crippen LogP contribution in [0.2, 0.25) is 0 Å². The zero-order valence-corrected chi connectivity index (χ0v) is 12.0. The molecule has 16 heavy (non-hydrogen) atoms. The largest absolute Gasteiger partial charge is 0.327 e. The molecule has 0 saturated heterocycles. The average molecular weight is 300 g/mol.